The average molecular weight is 741 g/mol. The van der Waals surface area contributed by atoms with E-state index in [2.05, 4.69) is 133 Å². The third-order valence-corrected chi connectivity index (χ3v) is 11.0. The van der Waals surface area contributed by atoms with Crippen LogP contribution in [0.4, 0.5) is 22.7 Å². The van der Waals surface area contributed by atoms with Gasteiger partial charge in [0.05, 0.1) is 16.3 Å². The lowest BCUT2D eigenvalue weighted by Gasteiger charge is -2.25. The van der Waals surface area contributed by atoms with Gasteiger partial charge in [0, 0.05) is 87.6 Å². The van der Waals surface area contributed by atoms with E-state index in [1.165, 1.54) is 87.1 Å². The highest BCUT2D eigenvalue weighted by molar-refractivity contribution is 6.08. The van der Waals surface area contributed by atoms with Crippen LogP contribution in [0.25, 0.3) is 43.6 Å². The van der Waals surface area contributed by atoms with Gasteiger partial charge in [-0.15, -0.1) is 0 Å². The van der Waals surface area contributed by atoms with Crippen LogP contribution >= 0.6 is 0 Å². The third-order valence-electron chi connectivity index (χ3n) is 11.0. The minimum Gasteiger partial charge on any atom is -0.372 e. The summed E-state index contributed by atoms with van der Waals surface area (Å²) in [5, 5.41) is 25.0. The predicted octanol–water partition coefficient (Wildman–Crippen LogP) is 13.6. The number of azo groups is 1. The zero-order valence-electron chi connectivity index (χ0n) is 31.8. The lowest BCUT2D eigenvalue weighted by Crippen LogP contribution is -2.25. The van der Waals surface area contributed by atoms with Crippen LogP contribution in [0.3, 0.4) is 0 Å². The van der Waals surface area contributed by atoms with Gasteiger partial charge in [-0.1, -0.05) is 98.5 Å². The fraction of sp³-hybridized carbons (Fsp3) is 0.250. The molecule has 0 saturated heterocycles. The Morgan fingerprint density at radius 3 is 1.20 bits per heavy atom. The molecule has 2 heterocycles. The van der Waals surface area contributed by atoms with Gasteiger partial charge in [-0.3, -0.25) is 10.1 Å². The molecular weight excluding hydrogens is 693 g/mol. The van der Waals surface area contributed by atoms with Crippen molar-refractivity contribution in [3.8, 4) is 0 Å². The first-order valence-electron chi connectivity index (χ1n) is 20.1. The number of anilines is 1. The Hall–Kier alpha value is -6.28. The van der Waals surface area contributed by atoms with Crippen LogP contribution in [0.5, 0.6) is 0 Å². The number of hydrogen-bond acceptors (Lipinski definition) is 5. The summed E-state index contributed by atoms with van der Waals surface area (Å²) in [4.78, 5) is 13.1. The normalized spacial score (nSPS) is 11.8. The number of nitrogens with zero attached hydrogens (tertiary/aromatic N) is 6. The second-order valence-electron chi connectivity index (χ2n) is 14.7. The predicted molar refractivity (Wildman–Crippen MR) is 232 cm³/mol. The summed E-state index contributed by atoms with van der Waals surface area (Å²) in [7, 11) is 0. The maximum absolute atomic E-state index is 11.0. The Kier molecular flexibility index (Phi) is 11.4. The number of nitro groups is 1. The summed E-state index contributed by atoms with van der Waals surface area (Å²) >= 11 is 0. The standard InChI is InChI=1S/C48H48N6O2/c55-54(56)40-31-27-38(28-32-40)50-49-37-25-29-39(30-26-37)51(33-13-1-3-15-35-52-45-21-9-5-17-41(45)42-18-6-10-22-46(42)52)34-14-2-4-16-36-53-47-23-11-7-19-43(47)44-20-8-12-24-48(44)53/h5-12,17-32H,1-4,13-16,33-36H2. The maximum Gasteiger partial charge on any atom is 0.269 e. The van der Waals surface area contributed by atoms with Crippen LogP contribution in [-0.2, 0) is 13.1 Å². The Bertz CT molecular complexity index is 2350. The van der Waals surface area contributed by atoms with Crippen LogP contribution in [0.15, 0.2) is 156 Å². The Morgan fingerprint density at radius 2 is 0.804 bits per heavy atom. The maximum atomic E-state index is 11.0. The van der Waals surface area contributed by atoms with Crippen molar-refractivity contribution < 1.29 is 4.92 Å². The highest BCUT2D eigenvalue weighted by Crippen LogP contribution is 2.31. The zero-order chi connectivity index (χ0) is 38.1. The molecule has 0 N–H and O–H groups in total. The summed E-state index contributed by atoms with van der Waals surface area (Å²) in [6.45, 7) is 4.09. The van der Waals surface area contributed by atoms with Gasteiger partial charge in [-0.05, 0) is 86.3 Å². The van der Waals surface area contributed by atoms with Crippen molar-refractivity contribution >= 4 is 66.4 Å². The number of rotatable bonds is 18. The molecule has 56 heavy (non-hydrogen) atoms. The van der Waals surface area contributed by atoms with Gasteiger partial charge < -0.3 is 14.0 Å². The molecule has 0 aliphatic carbocycles. The van der Waals surface area contributed by atoms with E-state index in [9.17, 15) is 10.1 Å². The van der Waals surface area contributed by atoms with Gasteiger partial charge >= 0.3 is 0 Å². The monoisotopic (exact) mass is 740 g/mol. The largest absolute Gasteiger partial charge is 0.372 e. The van der Waals surface area contributed by atoms with Gasteiger partial charge in [-0.25, -0.2) is 0 Å². The van der Waals surface area contributed by atoms with E-state index in [1.54, 1.807) is 12.1 Å². The van der Waals surface area contributed by atoms with E-state index in [-0.39, 0.29) is 5.69 Å². The number of nitro benzene ring substituents is 1. The third kappa shape index (κ3) is 8.20. The summed E-state index contributed by atoms with van der Waals surface area (Å²) in [6.07, 6.45) is 9.36. The van der Waals surface area contributed by atoms with E-state index in [1.807, 2.05) is 12.1 Å². The molecule has 0 amide bonds. The molecule has 0 aliphatic heterocycles. The van der Waals surface area contributed by atoms with E-state index in [0.717, 1.165) is 57.5 Å². The van der Waals surface area contributed by atoms with Gasteiger partial charge in [0.1, 0.15) is 0 Å². The molecule has 0 radical (unpaired) electrons. The van der Waals surface area contributed by atoms with Gasteiger partial charge in [0.15, 0.2) is 0 Å². The lowest BCUT2D eigenvalue weighted by atomic mass is 10.1. The number of non-ortho nitro benzene ring substituents is 1. The van der Waals surface area contributed by atoms with Crippen LogP contribution in [0.2, 0.25) is 0 Å². The number of unbranched alkanes of at least 4 members (excludes halogenated alkanes) is 6. The van der Waals surface area contributed by atoms with Crippen molar-refractivity contribution in [2.45, 2.75) is 64.5 Å². The fourth-order valence-electron chi connectivity index (χ4n) is 8.20. The van der Waals surface area contributed by atoms with E-state index in [0.29, 0.717) is 5.69 Å². The molecule has 8 nitrogen and oxygen atoms in total. The van der Waals surface area contributed by atoms with Crippen molar-refractivity contribution in [1.82, 2.24) is 9.13 Å². The first-order chi connectivity index (χ1) is 27.6. The molecule has 0 unspecified atom stereocenters. The minimum absolute atomic E-state index is 0.0414. The van der Waals surface area contributed by atoms with Crippen molar-refractivity contribution in [3.63, 3.8) is 0 Å². The lowest BCUT2D eigenvalue weighted by molar-refractivity contribution is -0.384. The van der Waals surface area contributed by atoms with Crippen molar-refractivity contribution in [2.75, 3.05) is 18.0 Å². The molecule has 8 aromatic rings. The summed E-state index contributed by atoms with van der Waals surface area (Å²) in [5.41, 5.74) is 7.88. The molecule has 0 bridgehead atoms. The number of aromatic nitrogens is 2. The molecule has 8 heteroatoms. The molecule has 8 rings (SSSR count). The first-order valence-corrected chi connectivity index (χ1v) is 20.1. The number of para-hydroxylation sites is 4. The highest BCUT2D eigenvalue weighted by Gasteiger charge is 2.12. The summed E-state index contributed by atoms with van der Waals surface area (Å²) < 4.78 is 5.00. The van der Waals surface area contributed by atoms with E-state index in [4.69, 9.17) is 0 Å². The van der Waals surface area contributed by atoms with Gasteiger partial charge in [0.25, 0.3) is 5.69 Å². The molecule has 0 fully saturated rings. The summed E-state index contributed by atoms with van der Waals surface area (Å²) in [5.74, 6) is 0. The second-order valence-corrected chi connectivity index (χ2v) is 14.7. The summed E-state index contributed by atoms with van der Waals surface area (Å²) in [6, 6.07) is 49.5. The zero-order valence-corrected chi connectivity index (χ0v) is 31.8. The van der Waals surface area contributed by atoms with Crippen molar-refractivity contribution in [1.29, 1.82) is 0 Å². The molecule has 0 spiro atoms. The number of hydrogen-bond donors (Lipinski definition) is 0. The van der Waals surface area contributed by atoms with Crippen LogP contribution in [0.1, 0.15) is 51.4 Å². The number of aryl methyl sites for hydroxylation is 2. The quantitative estimate of drug-likeness (QED) is 0.0380. The molecule has 0 saturated carbocycles. The molecule has 0 atom stereocenters. The Labute approximate surface area is 327 Å². The van der Waals surface area contributed by atoms with Crippen LogP contribution in [0, 0.1) is 10.1 Å². The fourth-order valence-corrected chi connectivity index (χ4v) is 8.20. The van der Waals surface area contributed by atoms with Crippen LogP contribution < -0.4 is 4.90 Å². The van der Waals surface area contributed by atoms with Gasteiger partial charge in [0.2, 0.25) is 0 Å². The van der Waals surface area contributed by atoms with E-state index < -0.39 is 4.92 Å². The van der Waals surface area contributed by atoms with Gasteiger partial charge in [-0.2, -0.15) is 10.2 Å². The minimum atomic E-state index is -0.411. The van der Waals surface area contributed by atoms with E-state index >= 15 is 0 Å². The Morgan fingerprint density at radius 1 is 0.446 bits per heavy atom. The van der Waals surface area contributed by atoms with Crippen LogP contribution in [-0.4, -0.2) is 27.1 Å². The topological polar surface area (TPSA) is 81.0 Å². The number of fused-ring (bicyclic) bond motifs is 6. The molecular formula is C48H48N6O2. The molecule has 282 valence electrons. The van der Waals surface area contributed by atoms with Crippen molar-refractivity contribution in [2.24, 2.45) is 10.2 Å². The average Bonchev–Trinajstić information content (AvgIpc) is 3.74. The molecule has 2 aromatic heterocycles. The van der Waals surface area contributed by atoms with Crippen molar-refractivity contribution in [3.05, 3.63) is 156 Å². The smallest absolute Gasteiger partial charge is 0.269 e. The highest BCUT2D eigenvalue weighted by atomic mass is 16.6. The number of benzene rings is 6. The molecule has 6 aromatic carbocycles. The SMILES string of the molecule is O=[N+]([O-])c1ccc(N=Nc2ccc(N(CCCCCCn3c4ccccc4c4ccccc43)CCCCCCn3c4ccccc4c4ccccc43)cc2)cc1. The Balaban J connectivity index is 0.870. The molecule has 0 aliphatic rings. The first kappa shape index (κ1) is 36.7. The second kappa shape index (κ2) is 17.5.